The molecule has 0 fully saturated rings. The molecule has 18 heavy (non-hydrogen) atoms. The van der Waals surface area contributed by atoms with Crippen molar-refractivity contribution in [2.24, 2.45) is 11.3 Å². The minimum absolute atomic E-state index is 0.379. The van der Waals surface area contributed by atoms with Gasteiger partial charge in [0.2, 0.25) is 0 Å². The summed E-state index contributed by atoms with van der Waals surface area (Å²) in [5, 5.41) is 3.76. The zero-order chi connectivity index (χ0) is 13.6. The third kappa shape index (κ3) is 5.22. The van der Waals surface area contributed by atoms with Gasteiger partial charge in [-0.25, -0.2) is 0 Å². The summed E-state index contributed by atoms with van der Waals surface area (Å²) >= 11 is 0. The van der Waals surface area contributed by atoms with Crippen LogP contribution in [-0.4, -0.2) is 6.54 Å². The van der Waals surface area contributed by atoms with Crippen LogP contribution in [0, 0.1) is 11.3 Å². The van der Waals surface area contributed by atoms with Crippen LogP contribution in [0.15, 0.2) is 30.3 Å². The molecule has 1 unspecified atom stereocenters. The molecule has 0 saturated heterocycles. The van der Waals surface area contributed by atoms with Gasteiger partial charge < -0.3 is 5.32 Å². The second-order valence-electron chi connectivity index (χ2n) is 6.49. The highest BCUT2D eigenvalue weighted by atomic mass is 14.9. The maximum Gasteiger partial charge on any atom is 0.0322 e. The standard InChI is InChI=1S/C17H29N/c1-6-17(4,5)13-18-16(12-14(2)3)15-10-8-7-9-11-15/h7-11,14,16,18H,6,12-13H2,1-5H3. The van der Waals surface area contributed by atoms with E-state index in [9.17, 15) is 0 Å². The Balaban J connectivity index is 2.68. The van der Waals surface area contributed by atoms with Crippen LogP contribution in [0.4, 0.5) is 0 Å². The maximum absolute atomic E-state index is 3.76. The lowest BCUT2D eigenvalue weighted by Gasteiger charge is -2.28. The minimum Gasteiger partial charge on any atom is -0.309 e. The van der Waals surface area contributed by atoms with E-state index in [1.807, 2.05) is 0 Å². The van der Waals surface area contributed by atoms with Crippen LogP contribution in [-0.2, 0) is 0 Å². The molecule has 0 aliphatic heterocycles. The third-order valence-electron chi connectivity index (χ3n) is 3.69. The van der Waals surface area contributed by atoms with Gasteiger partial charge in [0, 0.05) is 12.6 Å². The Morgan fingerprint density at radius 3 is 2.22 bits per heavy atom. The van der Waals surface area contributed by atoms with Crippen molar-refractivity contribution in [1.82, 2.24) is 5.32 Å². The van der Waals surface area contributed by atoms with E-state index in [1.54, 1.807) is 0 Å². The van der Waals surface area contributed by atoms with Crippen molar-refractivity contribution in [1.29, 1.82) is 0 Å². The molecule has 1 N–H and O–H groups in total. The van der Waals surface area contributed by atoms with Crippen molar-refractivity contribution < 1.29 is 0 Å². The molecule has 1 aromatic rings. The Morgan fingerprint density at radius 2 is 1.72 bits per heavy atom. The van der Waals surface area contributed by atoms with Gasteiger partial charge in [-0.3, -0.25) is 0 Å². The van der Waals surface area contributed by atoms with E-state index in [-0.39, 0.29) is 0 Å². The second kappa shape index (κ2) is 6.94. The number of nitrogens with one attached hydrogen (secondary N) is 1. The number of rotatable bonds is 7. The van der Waals surface area contributed by atoms with E-state index in [2.05, 4.69) is 70.3 Å². The molecule has 1 heteroatoms. The first kappa shape index (κ1) is 15.2. The fraction of sp³-hybridized carbons (Fsp3) is 0.647. The van der Waals surface area contributed by atoms with Crippen molar-refractivity contribution in [2.75, 3.05) is 6.54 Å². The van der Waals surface area contributed by atoms with Crippen molar-refractivity contribution in [2.45, 2.75) is 53.5 Å². The smallest absolute Gasteiger partial charge is 0.0322 e. The molecule has 1 atom stereocenters. The van der Waals surface area contributed by atoms with Gasteiger partial charge in [-0.2, -0.15) is 0 Å². The highest BCUT2D eigenvalue weighted by Crippen LogP contribution is 2.24. The van der Waals surface area contributed by atoms with Gasteiger partial charge in [-0.1, -0.05) is 65.0 Å². The third-order valence-corrected chi connectivity index (χ3v) is 3.69. The fourth-order valence-electron chi connectivity index (χ4n) is 2.02. The van der Waals surface area contributed by atoms with E-state index >= 15 is 0 Å². The lowest BCUT2D eigenvalue weighted by Crippen LogP contribution is -2.32. The molecule has 1 nitrogen and oxygen atoms in total. The van der Waals surface area contributed by atoms with Gasteiger partial charge in [0.1, 0.15) is 0 Å². The van der Waals surface area contributed by atoms with Gasteiger partial charge in [-0.15, -0.1) is 0 Å². The molecule has 0 bridgehead atoms. The van der Waals surface area contributed by atoms with Crippen LogP contribution in [0.2, 0.25) is 0 Å². The second-order valence-corrected chi connectivity index (χ2v) is 6.49. The summed E-state index contributed by atoms with van der Waals surface area (Å²) < 4.78 is 0. The van der Waals surface area contributed by atoms with Crippen molar-refractivity contribution in [3.05, 3.63) is 35.9 Å². The maximum atomic E-state index is 3.76. The number of hydrogen-bond donors (Lipinski definition) is 1. The van der Waals surface area contributed by atoms with Gasteiger partial charge in [-0.05, 0) is 29.7 Å². The summed E-state index contributed by atoms with van der Waals surface area (Å²) in [7, 11) is 0. The van der Waals surface area contributed by atoms with Crippen LogP contribution in [0.1, 0.15) is 59.1 Å². The molecule has 0 saturated carbocycles. The highest BCUT2D eigenvalue weighted by Gasteiger charge is 2.19. The average molecular weight is 247 g/mol. The molecule has 0 heterocycles. The minimum atomic E-state index is 0.379. The van der Waals surface area contributed by atoms with Crippen molar-refractivity contribution in [3.63, 3.8) is 0 Å². The van der Waals surface area contributed by atoms with Crippen molar-refractivity contribution in [3.8, 4) is 0 Å². The molecular weight excluding hydrogens is 218 g/mol. The van der Waals surface area contributed by atoms with Crippen LogP contribution in [0.5, 0.6) is 0 Å². The Labute approximate surface area is 113 Å². The highest BCUT2D eigenvalue weighted by molar-refractivity contribution is 5.18. The van der Waals surface area contributed by atoms with E-state index < -0.39 is 0 Å². The average Bonchev–Trinajstić information content (AvgIpc) is 2.35. The molecule has 0 aromatic heterocycles. The molecule has 1 rings (SSSR count). The summed E-state index contributed by atoms with van der Waals surface area (Å²) in [6.07, 6.45) is 2.41. The normalized spacial score (nSPS) is 13.9. The molecule has 0 spiro atoms. The summed E-state index contributed by atoms with van der Waals surface area (Å²) in [5.41, 5.74) is 1.79. The van der Waals surface area contributed by atoms with E-state index in [1.165, 1.54) is 18.4 Å². The Morgan fingerprint density at radius 1 is 1.11 bits per heavy atom. The van der Waals surface area contributed by atoms with Crippen LogP contribution >= 0.6 is 0 Å². The molecule has 1 aromatic carbocycles. The number of benzene rings is 1. The van der Waals surface area contributed by atoms with Crippen LogP contribution < -0.4 is 5.32 Å². The molecule has 102 valence electrons. The lowest BCUT2D eigenvalue weighted by molar-refractivity contribution is 0.296. The summed E-state index contributed by atoms with van der Waals surface area (Å²) in [6, 6.07) is 11.3. The van der Waals surface area contributed by atoms with Crippen LogP contribution in [0.3, 0.4) is 0 Å². The predicted octanol–water partition coefficient (Wildman–Crippen LogP) is 4.80. The first-order chi connectivity index (χ1) is 8.44. The molecular formula is C17H29N. The fourth-order valence-corrected chi connectivity index (χ4v) is 2.02. The Bertz CT molecular complexity index is 327. The van der Waals surface area contributed by atoms with E-state index in [0.29, 0.717) is 17.4 Å². The molecule has 0 amide bonds. The van der Waals surface area contributed by atoms with E-state index in [0.717, 1.165) is 6.54 Å². The quantitative estimate of drug-likeness (QED) is 0.730. The topological polar surface area (TPSA) is 12.0 Å². The molecule has 0 aliphatic rings. The van der Waals surface area contributed by atoms with Crippen molar-refractivity contribution >= 4 is 0 Å². The molecule has 0 radical (unpaired) electrons. The monoisotopic (exact) mass is 247 g/mol. The Hall–Kier alpha value is -0.820. The summed E-state index contributed by atoms with van der Waals surface area (Å²) in [6.45, 7) is 12.6. The number of hydrogen-bond acceptors (Lipinski definition) is 1. The first-order valence-corrected chi connectivity index (χ1v) is 7.23. The Kier molecular flexibility index (Phi) is 5.87. The zero-order valence-corrected chi connectivity index (χ0v) is 12.7. The largest absolute Gasteiger partial charge is 0.309 e. The van der Waals surface area contributed by atoms with Gasteiger partial charge in [0.15, 0.2) is 0 Å². The molecule has 0 aliphatic carbocycles. The first-order valence-electron chi connectivity index (χ1n) is 7.23. The van der Waals surface area contributed by atoms with Gasteiger partial charge in [0.05, 0.1) is 0 Å². The van der Waals surface area contributed by atoms with Gasteiger partial charge in [0.25, 0.3) is 0 Å². The van der Waals surface area contributed by atoms with Crippen LogP contribution in [0.25, 0.3) is 0 Å². The lowest BCUT2D eigenvalue weighted by atomic mass is 9.89. The predicted molar refractivity (Wildman–Crippen MR) is 80.7 cm³/mol. The summed E-state index contributed by atoms with van der Waals surface area (Å²) in [4.78, 5) is 0. The van der Waals surface area contributed by atoms with Gasteiger partial charge >= 0.3 is 0 Å². The van der Waals surface area contributed by atoms with E-state index in [4.69, 9.17) is 0 Å². The summed E-state index contributed by atoms with van der Waals surface area (Å²) in [5.74, 6) is 0.715. The SMILES string of the molecule is CCC(C)(C)CNC(CC(C)C)c1ccccc1. The zero-order valence-electron chi connectivity index (χ0n) is 12.7.